The fourth-order valence-electron chi connectivity index (χ4n) is 3.93. The van der Waals surface area contributed by atoms with E-state index in [1.165, 1.54) is 0 Å². The van der Waals surface area contributed by atoms with E-state index in [1.54, 1.807) is 0 Å². The van der Waals surface area contributed by atoms with Crippen molar-refractivity contribution >= 4 is 24.2 Å². The molecule has 2 amide bonds. The number of rotatable bonds is 6. The molecule has 3 unspecified atom stereocenters. The molecular weight excluding hydrogens is 378 g/mol. The van der Waals surface area contributed by atoms with Gasteiger partial charge in [0, 0.05) is 25.2 Å². The van der Waals surface area contributed by atoms with Gasteiger partial charge in [-0.25, -0.2) is 0 Å². The Morgan fingerprint density at radius 3 is 2.79 bits per heavy atom. The minimum atomic E-state index is -0.0945. The molecule has 0 bridgehead atoms. The molecule has 0 spiro atoms. The van der Waals surface area contributed by atoms with E-state index in [1.807, 2.05) is 35.2 Å². The lowest BCUT2D eigenvalue weighted by Crippen LogP contribution is -2.51. The van der Waals surface area contributed by atoms with Crippen LogP contribution in [0.15, 0.2) is 30.3 Å². The molecule has 2 aliphatic rings. The van der Waals surface area contributed by atoms with Crippen molar-refractivity contribution in [3.05, 3.63) is 30.3 Å². The van der Waals surface area contributed by atoms with E-state index in [9.17, 15) is 9.59 Å². The van der Waals surface area contributed by atoms with Gasteiger partial charge in [-0.15, -0.1) is 12.4 Å². The largest absolute Gasteiger partial charge is 0.493 e. The number of likely N-dealkylation sites (tertiary alicyclic amines) is 1. The van der Waals surface area contributed by atoms with E-state index in [0.717, 1.165) is 44.5 Å². The quantitative estimate of drug-likeness (QED) is 0.756. The molecule has 2 saturated heterocycles. The van der Waals surface area contributed by atoms with Crippen molar-refractivity contribution in [2.24, 2.45) is 5.92 Å². The molecule has 2 aliphatic heterocycles. The SMILES string of the molecule is CC1CC(NC(=O)C2CCCN(C(=O)CCOc3ccccc3)C2)CCN1.Cl. The molecule has 3 atom stereocenters. The summed E-state index contributed by atoms with van der Waals surface area (Å²) >= 11 is 0. The summed E-state index contributed by atoms with van der Waals surface area (Å²) in [5, 5.41) is 6.60. The Morgan fingerprint density at radius 2 is 2.04 bits per heavy atom. The van der Waals surface area contributed by atoms with E-state index in [0.29, 0.717) is 25.6 Å². The van der Waals surface area contributed by atoms with Crippen LogP contribution in [0, 0.1) is 5.92 Å². The van der Waals surface area contributed by atoms with E-state index >= 15 is 0 Å². The molecule has 0 aromatic heterocycles. The molecule has 28 heavy (non-hydrogen) atoms. The van der Waals surface area contributed by atoms with Crippen LogP contribution in [0.4, 0.5) is 0 Å². The van der Waals surface area contributed by atoms with Crippen molar-refractivity contribution in [3.63, 3.8) is 0 Å². The average molecular weight is 410 g/mol. The summed E-state index contributed by atoms with van der Waals surface area (Å²) in [7, 11) is 0. The van der Waals surface area contributed by atoms with Crippen LogP contribution < -0.4 is 15.4 Å². The predicted octanol–water partition coefficient (Wildman–Crippen LogP) is 2.37. The summed E-state index contributed by atoms with van der Waals surface area (Å²) < 4.78 is 5.62. The molecule has 2 heterocycles. The summed E-state index contributed by atoms with van der Waals surface area (Å²) in [5.41, 5.74) is 0. The number of nitrogens with one attached hydrogen (secondary N) is 2. The van der Waals surface area contributed by atoms with Gasteiger partial charge in [-0.3, -0.25) is 9.59 Å². The highest BCUT2D eigenvalue weighted by atomic mass is 35.5. The van der Waals surface area contributed by atoms with Gasteiger partial charge in [0.25, 0.3) is 0 Å². The summed E-state index contributed by atoms with van der Waals surface area (Å²) in [5.74, 6) is 0.853. The number of hydrogen-bond donors (Lipinski definition) is 2. The molecule has 0 aliphatic carbocycles. The smallest absolute Gasteiger partial charge is 0.226 e. The van der Waals surface area contributed by atoms with Crippen molar-refractivity contribution in [2.45, 2.75) is 51.1 Å². The lowest BCUT2D eigenvalue weighted by Gasteiger charge is -2.34. The third kappa shape index (κ3) is 6.67. The average Bonchev–Trinajstić information content (AvgIpc) is 2.69. The zero-order chi connectivity index (χ0) is 19.1. The van der Waals surface area contributed by atoms with Crippen molar-refractivity contribution in [1.29, 1.82) is 0 Å². The molecule has 3 rings (SSSR count). The normalized spacial score (nSPS) is 24.8. The van der Waals surface area contributed by atoms with Gasteiger partial charge < -0.3 is 20.3 Å². The number of halogens is 1. The Labute approximate surface area is 173 Å². The molecule has 0 saturated carbocycles. The Kier molecular flexibility index (Phi) is 9.06. The van der Waals surface area contributed by atoms with Crippen LogP contribution in [-0.2, 0) is 9.59 Å². The Bertz CT molecular complexity index is 629. The van der Waals surface area contributed by atoms with Crippen LogP contribution in [0.2, 0.25) is 0 Å². The zero-order valence-corrected chi connectivity index (χ0v) is 17.4. The van der Waals surface area contributed by atoms with Gasteiger partial charge in [0.15, 0.2) is 0 Å². The first-order valence-corrected chi connectivity index (χ1v) is 10.1. The number of hydrogen-bond acceptors (Lipinski definition) is 4. The molecule has 6 nitrogen and oxygen atoms in total. The molecule has 2 N–H and O–H groups in total. The van der Waals surface area contributed by atoms with Gasteiger partial charge in [0.1, 0.15) is 5.75 Å². The maximum atomic E-state index is 12.6. The van der Waals surface area contributed by atoms with Gasteiger partial charge in [-0.05, 0) is 51.3 Å². The number of ether oxygens (including phenoxy) is 1. The summed E-state index contributed by atoms with van der Waals surface area (Å²) in [4.78, 5) is 27.0. The molecule has 1 aromatic rings. The molecular formula is C21H32ClN3O3. The van der Waals surface area contributed by atoms with E-state index < -0.39 is 0 Å². The van der Waals surface area contributed by atoms with E-state index in [2.05, 4.69) is 17.6 Å². The highest BCUT2D eigenvalue weighted by Crippen LogP contribution is 2.19. The summed E-state index contributed by atoms with van der Waals surface area (Å²) in [6.45, 7) is 4.72. The Morgan fingerprint density at radius 1 is 1.25 bits per heavy atom. The summed E-state index contributed by atoms with van der Waals surface area (Å²) in [6.07, 6.45) is 4.03. The lowest BCUT2D eigenvalue weighted by molar-refractivity contribution is -0.136. The number of nitrogens with zero attached hydrogens (tertiary/aromatic N) is 1. The fraction of sp³-hybridized carbons (Fsp3) is 0.619. The molecule has 1 aromatic carbocycles. The standard InChI is InChI=1S/C21H31N3O3.ClH/c1-16-14-18(9-11-22-16)23-21(26)17-6-5-12-24(15-17)20(25)10-13-27-19-7-3-2-4-8-19;/h2-4,7-8,16-18,22H,5-6,9-15H2,1H3,(H,23,26);1H. The van der Waals surface area contributed by atoms with E-state index in [4.69, 9.17) is 4.74 Å². The van der Waals surface area contributed by atoms with Gasteiger partial charge >= 0.3 is 0 Å². The maximum Gasteiger partial charge on any atom is 0.226 e. The second-order valence-electron chi connectivity index (χ2n) is 7.68. The third-order valence-corrected chi connectivity index (χ3v) is 5.44. The van der Waals surface area contributed by atoms with Crippen LogP contribution in [-0.4, -0.2) is 55.0 Å². The molecule has 0 radical (unpaired) electrons. The van der Waals surface area contributed by atoms with Crippen LogP contribution in [0.1, 0.15) is 39.0 Å². The third-order valence-electron chi connectivity index (χ3n) is 5.44. The second kappa shape index (κ2) is 11.3. The fourth-order valence-corrected chi connectivity index (χ4v) is 3.93. The van der Waals surface area contributed by atoms with Crippen molar-refractivity contribution in [1.82, 2.24) is 15.5 Å². The number of carbonyl (C=O) groups excluding carboxylic acids is 2. The molecule has 156 valence electrons. The van der Waals surface area contributed by atoms with Crippen LogP contribution >= 0.6 is 12.4 Å². The van der Waals surface area contributed by atoms with Gasteiger partial charge in [-0.2, -0.15) is 0 Å². The second-order valence-corrected chi connectivity index (χ2v) is 7.68. The first-order valence-electron chi connectivity index (χ1n) is 10.1. The zero-order valence-electron chi connectivity index (χ0n) is 16.6. The van der Waals surface area contributed by atoms with Gasteiger partial charge in [0.2, 0.25) is 11.8 Å². The Hall–Kier alpha value is -1.79. The first kappa shape index (κ1) is 22.5. The van der Waals surface area contributed by atoms with Crippen molar-refractivity contribution in [2.75, 3.05) is 26.2 Å². The van der Waals surface area contributed by atoms with Crippen molar-refractivity contribution in [3.8, 4) is 5.75 Å². The summed E-state index contributed by atoms with van der Waals surface area (Å²) in [6, 6.07) is 10.2. The monoisotopic (exact) mass is 409 g/mol. The van der Waals surface area contributed by atoms with Gasteiger partial charge in [-0.1, -0.05) is 18.2 Å². The number of benzene rings is 1. The number of para-hydroxylation sites is 1. The highest BCUT2D eigenvalue weighted by molar-refractivity contribution is 5.85. The lowest BCUT2D eigenvalue weighted by atomic mass is 9.95. The first-order chi connectivity index (χ1) is 13.1. The molecule has 2 fully saturated rings. The van der Waals surface area contributed by atoms with Crippen LogP contribution in [0.5, 0.6) is 5.75 Å². The highest BCUT2D eigenvalue weighted by Gasteiger charge is 2.30. The minimum Gasteiger partial charge on any atom is -0.493 e. The molecule has 7 heteroatoms. The van der Waals surface area contributed by atoms with Crippen LogP contribution in [0.3, 0.4) is 0 Å². The number of amides is 2. The topological polar surface area (TPSA) is 70.7 Å². The van der Waals surface area contributed by atoms with E-state index in [-0.39, 0.29) is 36.2 Å². The predicted molar refractivity (Wildman–Crippen MR) is 112 cm³/mol. The van der Waals surface area contributed by atoms with Crippen molar-refractivity contribution < 1.29 is 14.3 Å². The minimum absolute atomic E-state index is 0. The maximum absolute atomic E-state index is 12.6. The number of carbonyl (C=O) groups is 2. The number of piperidine rings is 2. The Balaban J connectivity index is 0.00000280. The van der Waals surface area contributed by atoms with Gasteiger partial charge in [0.05, 0.1) is 18.9 Å². The van der Waals surface area contributed by atoms with Crippen LogP contribution in [0.25, 0.3) is 0 Å².